The maximum absolute atomic E-state index is 13.7. The van der Waals surface area contributed by atoms with Crippen molar-refractivity contribution in [1.82, 2.24) is 5.32 Å². The van der Waals surface area contributed by atoms with Crippen LogP contribution in [0, 0.1) is 18.6 Å². The Bertz CT molecular complexity index is 518. The first-order valence-corrected chi connectivity index (χ1v) is 5.77. The van der Waals surface area contributed by atoms with Crippen molar-refractivity contribution in [3.05, 3.63) is 34.9 Å². The van der Waals surface area contributed by atoms with E-state index in [0.717, 1.165) is 12.1 Å². The highest BCUT2D eigenvalue weighted by Gasteiger charge is 2.42. The van der Waals surface area contributed by atoms with Gasteiger partial charge in [-0.2, -0.15) is 0 Å². The Kier molecular flexibility index (Phi) is 2.99. The molecule has 0 bridgehead atoms. The number of nitrogens with one attached hydrogen (secondary N) is 1. The van der Waals surface area contributed by atoms with Crippen LogP contribution < -0.4 is 5.32 Å². The average Bonchev–Trinajstić information content (AvgIpc) is 2.48. The number of halogens is 3. The molecule has 6 heteroatoms. The number of hydrogen-bond acceptors (Lipinski definition) is 2. The van der Waals surface area contributed by atoms with Gasteiger partial charge in [0.15, 0.2) is 0 Å². The van der Waals surface area contributed by atoms with Crippen LogP contribution in [0.25, 0.3) is 0 Å². The quantitative estimate of drug-likeness (QED) is 0.635. The fourth-order valence-electron chi connectivity index (χ4n) is 1.75. The summed E-state index contributed by atoms with van der Waals surface area (Å²) < 4.78 is 27.0. The van der Waals surface area contributed by atoms with Crippen molar-refractivity contribution < 1.29 is 18.4 Å². The number of rotatable bonds is 1. The van der Waals surface area contributed by atoms with E-state index in [-0.39, 0.29) is 11.1 Å². The minimum Gasteiger partial charge on any atom is -0.295 e. The Balaban J connectivity index is 2.51. The summed E-state index contributed by atoms with van der Waals surface area (Å²) in [5.74, 6) is -3.49. The van der Waals surface area contributed by atoms with Gasteiger partial charge in [0.05, 0.1) is 5.92 Å². The number of alkyl halides is 1. The van der Waals surface area contributed by atoms with Crippen LogP contribution in [-0.4, -0.2) is 16.6 Å². The first-order valence-electron chi connectivity index (χ1n) is 4.86. The highest BCUT2D eigenvalue weighted by Crippen LogP contribution is 2.32. The van der Waals surface area contributed by atoms with Gasteiger partial charge >= 0.3 is 0 Å². The molecule has 0 aliphatic carbocycles. The standard InChI is InChI=1S/C11H8BrF2NO2/c1-4-2-7(14)5(3-6(4)13)8-9(12)11(17)15-10(8)16/h2-3,8-9H,1H3,(H,15,16,17). The number of amides is 2. The monoisotopic (exact) mass is 303 g/mol. The number of carbonyl (C=O) groups is 2. The van der Waals surface area contributed by atoms with Gasteiger partial charge in [0.2, 0.25) is 11.8 Å². The molecule has 2 rings (SSSR count). The highest BCUT2D eigenvalue weighted by atomic mass is 79.9. The molecule has 2 atom stereocenters. The summed E-state index contributed by atoms with van der Waals surface area (Å²) in [6.07, 6.45) is 0. The second-order valence-corrected chi connectivity index (χ2v) is 4.84. The summed E-state index contributed by atoms with van der Waals surface area (Å²) >= 11 is 3.00. The zero-order valence-corrected chi connectivity index (χ0v) is 10.3. The van der Waals surface area contributed by atoms with Crippen LogP contribution in [0.1, 0.15) is 17.0 Å². The van der Waals surface area contributed by atoms with Crippen LogP contribution in [-0.2, 0) is 9.59 Å². The summed E-state index contributed by atoms with van der Waals surface area (Å²) in [7, 11) is 0. The maximum Gasteiger partial charge on any atom is 0.241 e. The smallest absolute Gasteiger partial charge is 0.241 e. The van der Waals surface area contributed by atoms with Crippen molar-refractivity contribution in [2.75, 3.05) is 0 Å². The molecule has 2 unspecified atom stereocenters. The topological polar surface area (TPSA) is 46.2 Å². The van der Waals surface area contributed by atoms with Gasteiger partial charge in [-0.3, -0.25) is 14.9 Å². The van der Waals surface area contributed by atoms with Gasteiger partial charge in [0.25, 0.3) is 0 Å². The molecule has 0 spiro atoms. The number of hydrogen-bond donors (Lipinski definition) is 1. The Labute approximate surface area is 104 Å². The Morgan fingerprint density at radius 3 is 2.35 bits per heavy atom. The molecule has 0 aromatic heterocycles. The predicted molar refractivity (Wildman–Crippen MR) is 59.7 cm³/mol. The summed E-state index contributed by atoms with van der Waals surface area (Å²) in [5.41, 5.74) is 0.0421. The van der Waals surface area contributed by atoms with E-state index in [1.165, 1.54) is 6.92 Å². The highest BCUT2D eigenvalue weighted by molar-refractivity contribution is 9.10. The van der Waals surface area contributed by atoms with E-state index in [1.54, 1.807) is 0 Å². The molecular weight excluding hydrogens is 296 g/mol. The second-order valence-electron chi connectivity index (χ2n) is 3.86. The van der Waals surface area contributed by atoms with Crippen molar-refractivity contribution in [2.45, 2.75) is 17.7 Å². The van der Waals surface area contributed by atoms with Crippen LogP contribution in [0.5, 0.6) is 0 Å². The molecule has 1 fully saturated rings. The van der Waals surface area contributed by atoms with Crippen LogP contribution in [0.2, 0.25) is 0 Å². The van der Waals surface area contributed by atoms with E-state index in [1.807, 2.05) is 0 Å². The fourth-order valence-corrected chi connectivity index (χ4v) is 2.39. The molecule has 3 nitrogen and oxygen atoms in total. The van der Waals surface area contributed by atoms with E-state index < -0.39 is 34.2 Å². The summed E-state index contributed by atoms with van der Waals surface area (Å²) in [6.45, 7) is 1.42. The molecule has 2 amide bonds. The number of benzene rings is 1. The Morgan fingerprint density at radius 2 is 1.82 bits per heavy atom. The summed E-state index contributed by atoms with van der Waals surface area (Å²) in [5, 5.41) is 2.06. The molecular formula is C11H8BrF2NO2. The van der Waals surface area contributed by atoms with E-state index in [9.17, 15) is 18.4 Å². The van der Waals surface area contributed by atoms with Crippen LogP contribution >= 0.6 is 15.9 Å². The van der Waals surface area contributed by atoms with Crippen molar-refractivity contribution in [1.29, 1.82) is 0 Å². The van der Waals surface area contributed by atoms with Gasteiger partial charge in [-0.15, -0.1) is 0 Å². The summed E-state index contributed by atoms with van der Waals surface area (Å²) in [4.78, 5) is 21.9. The van der Waals surface area contributed by atoms with Crippen LogP contribution in [0.15, 0.2) is 12.1 Å². The third kappa shape index (κ3) is 1.97. The van der Waals surface area contributed by atoms with Crippen molar-refractivity contribution in [2.24, 2.45) is 0 Å². The van der Waals surface area contributed by atoms with Crippen LogP contribution in [0.4, 0.5) is 8.78 Å². The molecule has 1 aliphatic rings. The molecule has 0 saturated carbocycles. The zero-order chi connectivity index (χ0) is 12.7. The van der Waals surface area contributed by atoms with Gasteiger partial charge in [0, 0.05) is 5.56 Å². The number of carbonyl (C=O) groups excluding carboxylic acids is 2. The lowest BCUT2D eigenvalue weighted by Gasteiger charge is -2.12. The van der Waals surface area contributed by atoms with Gasteiger partial charge in [-0.1, -0.05) is 15.9 Å². The van der Waals surface area contributed by atoms with Gasteiger partial charge in [-0.25, -0.2) is 8.78 Å². The van der Waals surface area contributed by atoms with Crippen molar-refractivity contribution in [3.63, 3.8) is 0 Å². The lowest BCUT2D eigenvalue weighted by atomic mass is 9.95. The molecule has 1 aromatic rings. The molecule has 90 valence electrons. The largest absolute Gasteiger partial charge is 0.295 e. The molecule has 1 aliphatic heterocycles. The van der Waals surface area contributed by atoms with Gasteiger partial charge in [0.1, 0.15) is 16.5 Å². The molecule has 1 N–H and O–H groups in total. The normalized spacial score (nSPS) is 24.0. The predicted octanol–water partition coefficient (Wildman–Crippen LogP) is 1.78. The minimum absolute atomic E-state index is 0.113. The molecule has 1 aromatic carbocycles. The SMILES string of the molecule is Cc1cc(F)c(C2C(=O)NC(=O)C2Br)cc1F. The van der Waals surface area contributed by atoms with E-state index >= 15 is 0 Å². The van der Waals surface area contributed by atoms with E-state index in [2.05, 4.69) is 21.2 Å². The lowest BCUT2D eigenvalue weighted by Crippen LogP contribution is -2.22. The first-order chi connectivity index (χ1) is 7.91. The summed E-state index contributed by atoms with van der Waals surface area (Å²) in [6, 6.07) is 1.97. The number of imide groups is 1. The molecule has 1 saturated heterocycles. The lowest BCUT2D eigenvalue weighted by molar-refractivity contribution is -0.125. The van der Waals surface area contributed by atoms with Crippen molar-refractivity contribution >= 4 is 27.7 Å². The third-order valence-corrected chi connectivity index (χ3v) is 3.63. The van der Waals surface area contributed by atoms with Gasteiger partial charge in [-0.05, 0) is 24.6 Å². The van der Waals surface area contributed by atoms with Crippen LogP contribution in [0.3, 0.4) is 0 Å². The average molecular weight is 304 g/mol. The number of aryl methyl sites for hydroxylation is 1. The molecule has 17 heavy (non-hydrogen) atoms. The molecule has 1 heterocycles. The van der Waals surface area contributed by atoms with E-state index in [0.29, 0.717) is 0 Å². The zero-order valence-electron chi connectivity index (χ0n) is 8.76. The van der Waals surface area contributed by atoms with Gasteiger partial charge < -0.3 is 0 Å². The second kappa shape index (κ2) is 4.18. The van der Waals surface area contributed by atoms with E-state index in [4.69, 9.17) is 0 Å². The Morgan fingerprint density at radius 1 is 1.18 bits per heavy atom. The minimum atomic E-state index is -1.03. The van der Waals surface area contributed by atoms with Crippen molar-refractivity contribution in [3.8, 4) is 0 Å². The molecule has 0 radical (unpaired) electrons. The third-order valence-electron chi connectivity index (χ3n) is 2.69. The first kappa shape index (κ1) is 12.2. The Hall–Kier alpha value is -1.30. The fraction of sp³-hybridized carbons (Fsp3) is 0.273. The maximum atomic E-state index is 13.7.